The molecular weight excluding hydrogens is 443 g/mol. The summed E-state index contributed by atoms with van der Waals surface area (Å²) in [5.41, 5.74) is -0.0708. The van der Waals surface area contributed by atoms with Gasteiger partial charge in [-0.25, -0.2) is 8.42 Å². The summed E-state index contributed by atoms with van der Waals surface area (Å²) in [6.45, 7) is 2.02. The lowest BCUT2D eigenvalue weighted by atomic mass is 10.1. The molecule has 2 aromatic carbocycles. The van der Waals surface area contributed by atoms with Gasteiger partial charge in [0.2, 0.25) is 15.9 Å². The average molecular weight is 462 g/mol. The molecule has 0 aliphatic carbocycles. The van der Waals surface area contributed by atoms with Crippen molar-refractivity contribution in [1.29, 1.82) is 0 Å². The molecule has 1 aliphatic heterocycles. The lowest BCUT2D eigenvalue weighted by molar-refractivity contribution is -0.137. The molecule has 1 heterocycles. The molecule has 0 bridgehead atoms. The standard InChI is InChI=1S/C19H19ClF3N3O3S/c1-13(27)24-16-2-4-18(5-3-16)30(28,29)26-8-6-25(7-9-26)17-11-14(19(21,22)23)10-15(20)12-17/h2-5,10-12H,6-9H2,1H3,(H,24,27). The number of halogens is 4. The molecule has 0 radical (unpaired) electrons. The van der Waals surface area contributed by atoms with Crippen LogP contribution in [0.3, 0.4) is 0 Å². The van der Waals surface area contributed by atoms with Crippen molar-refractivity contribution in [3.63, 3.8) is 0 Å². The highest BCUT2D eigenvalue weighted by molar-refractivity contribution is 7.89. The molecule has 11 heteroatoms. The van der Waals surface area contributed by atoms with Gasteiger partial charge in [0.1, 0.15) is 0 Å². The molecule has 0 atom stereocenters. The fourth-order valence-corrected chi connectivity index (χ4v) is 4.82. The zero-order valence-corrected chi connectivity index (χ0v) is 17.5. The van der Waals surface area contributed by atoms with Crippen molar-refractivity contribution in [2.45, 2.75) is 18.0 Å². The van der Waals surface area contributed by atoms with Crippen LogP contribution in [0.5, 0.6) is 0 Å². The van der Waals surface area contributed by atoms with E-state index >= 15 is 0 Å². The van der Waals surface area contributed by atoms with Gasteiger partial charge in [0.25, 0.3) is 0 Å². The second-order valence-electron chi connectivity index (χ2n) is 6.79. The van der Waals surface area contributed by atoms with Gasteiger partial charge < -0.3 is 10.2 Å². The first-order valence-corrected chi connectivity index (χ1v) is 10.8. The van der Waals surface area contributed by atoms with Gasteiger partial charge in [-0.1, -0.05) is 11.6 Å². The summed E-state index contributed by atoms with van der Waals surface area (Å²) in [5, 5.41) is 2.53. The Hall–Kier alpha value is -2.30. The summed E-state index contributed by atoms with van der Waals surface area (Å²) in [7, 11) is -3.76. The van der Waals surface area contributed by atoms with Gasteiger partial charge in [-0.3, -0.25) is 4.79 Å². The molecule has 0 unspecified atom stereocenters. The van der Waals surface area contributed by atoms with Crippen LogP contribution in [-0.4, -0.2) is 44.8 Å². The topological polar surface area (TPSA) is 69.7 Å². The molecule has 6 nitrogen and oxygen atoms in total. The van der Waals surface area contributed by atoms with Crippen molar-refractivity contribution in [2.24, 2.45) is 0 Å². The summed E-state index contributed by atoms with van der Waals surface area (Å²) in [5.74, 6) is -0.267. The Balaban J connectivity index is 1.72. The van der Waals surface area contributed by atoms with Gasteiger partial charge in [-0.15, -0.1) is 0 Å². The van der Waals surface area contributed by atoms with E-state index in [1.165, 1.54) is 41.6 Å². The third-order valence-electron chi connectivity index (χ3n) is 4.63. The van der Waals surface area contributed by atoms with E-state index in [-0.39, 0.29) is 42.0 Å². The van der Waals surface area contributed by atoms with E-state index in [0.717, 1.165) is 12.1 Å². The number of piperazine rings is 1. The van der Waals surface area contributed by atoms with Crippen molar-refractivity contribution in [2.75, 3.05) is 36.4 Å². The molecule has 1 aliphatic rings. The molecule has 0 aromatic heterocycles. The van der Waals surface area contributed by atoms with Crippen molar-refractivity contribution in [1.82, 2.24) is 4.31 Å². The highest BCUT2D eigenvalue weighted by atomic mass is 35.5. The van der Waals surface area contributed by atoms with E-state index in [9.17, 15) is 26.4 Å². The first-order valence-electron chi connectivity index (χ1n) is 8.97. The fraction of sp³-hybridized carbons (Fsp3) is 0.316. The van der Waals surface area contributed by atoms with E-state index in [1.807, 2.05) is 0 Å². The molecular formula is C19H19ClF3N3O3S. The number of carbonyl (C=O) groups excluding carboxylic acids is 1. The predicted molar refractivity (Wildman–Crippen MR) is 108 cm³/mol. The van der Waals surface area contributed by atoms with E-state index in [1.54, 1.807) is 4.90 Å². The fourth-order valence-electron chi connectivity index (χ4n) is 3.17. The molecule has 0 spiro atoms. The molecule has 162 valence electrons. The van der Waals surface area contributed by atoms with Gasteiger partial charge >= 0.3 is 6.18 Å². The third-order valence-corrected chi connectivity index (χ3v) is 6.76. The van der Waals surface area contributed by atoms with Crippen LogP contribution >= 0.6 is 11.6 Å². The predicted octanol–water partition coefficient (Wildman–Crippen LogP) is 3.83. The van der Waals surface area contributed by atoms with E-state index < -0.39 is 21.8 Å². The number of hydrogen-bond acceptors (Lipinski definition) is 4. The third kappa shape index (κ3) is 5.05. The average Bonchev–Trinajstić information content (AvgIpc) is 2.67. The number of amides is 1. The zero-order chi connectivity index (χ0) is 22.1. The Bertz CT molecular complexity index is 1040. The van der Waals surface area contributed by atoms with Crippen LogP contribution in [0.2, 0.25) is 5.02 Å². The Labute approximate surface area is 177 Å². The molecule has 2 aromatic rings. The van der Waals surface area contributed by atoms with Crippen LogP contribution in [0.4, 0.5) is 24.5 Å². The number of anilines is 2. The van der Waals surface area contributed by atoms with Crippen LogP contribution in [-0.2, 0) is 21.0 Å². The van der Waals surface area contributed by atoms with E-state index in [4.69, 9.17) is 11.6 Å². The Morgan fingerprint density at radius 2 is 1.63 bits per heavy atom. The summed E-state index contributed by atoms with van der Waals surface area (Å²) in [4.78, 5) is 12.8. The maximum absolute atomic E-state index is 13.0. The summed E-state index contributed by atoms with van der Waals surface area (Å²) in [6, 6.07) is 9.10. The zero-order valence-electron chi connectivity index (χ0n) is 15.9. The number of nitrogens with zero attached hydrogens (tertiary/aromatic N) is 2. The van der Waals surface area contributed by atoms with Gasteiger partial charge in [-0.05, 0) is 42.5 Å². The number of hydrogen-bond donors (Lipinski definition) is 1. The van der Waals surface area contributed by atoms with Gasteiger partial charge in [0.05, 0.1) is 10.5 Å². The van der Waals surface area contributed by atoms with Crippen LogP contribution < -0.4 is 10.2 Å². The monoisotopic (exact) mass is 461 g/mol. The molecule has 0 saturated carbocycles. The number of rotatable bonds is 4. The van der Waals surface area contributed by atoms with Crippen LogP contribution in [0.1, 0.15) is 12.5 Å². The number of benzene rings is 2. The largest absolute Gasteiger partial charge is 0.416 e. The summed E-state index contributed by atoms with van der Waals surface area (Å²) in [6.07, 6.45) is -4.52. The number of sulfonamides is 1. The molecule has 30 heavy (non-hydrogen) atoms. The molecule has 1 saturated heterocycles. The SMILES string of the molecule is CC(=O)Nc1ccc(S(=O)(=O)N2CCN(c3cc(Cl)cc(C(F)(F)F)c3)CC2)cc1. The second-order valence-corrected chi connectivity index (χ2v) is 9.17. The molecule has 3 rings (SSSR count). The minimum absolute atomic E-state index is 0.0332. The normalized spacial score (nSPS) is 15.8. The van der Waals surface area contributed by atoms with Crippen molar-refractivity contribution < 1.29 is 26.4 Å². The van der Waals surface area contributed by atoms with E-state index in [0.29, 0.717) is 11.4 Å². The van der Waals surface area contributed by atoms with Crippen LogP contribution in [0.25, 0.3) is 0 Å². The smallest absolute Gasteiger partial charge is 0.369 e. The first-order chi connectivity index (χ1) is 14.0. The van der Waals surface area contributed by atoms with Crippen molar-refractivity contribution >= 4 is 38.9 Å². The van der Waals surface area contributed by atoms with E-state index in [2.05, 4.69) is 5.32 Å². The second kappa shape index (κ2) is 8.44. The summed E-state index contributed by atoms with van der Waals surface area (Å²) < 4.78 is 66.1. The van der Waals surface area contributed by atoms with Gasteiger partial charge in [0.15, 0.2) is 0 Å². The maximum Gasteiger partial charge on any atom is 0.416 e. The lowest BCUT2D eigenvalue weighted by Gasteiger charge is -2.35. The quantitative estimate of drug-likeness (QED) is 0.751. The molecule has 1 N–H and O–H groups in total. The Morgan fingerprint density at radius 1 is 1.03 bits per heavy atom. The molecule has 1 amide bonds. The minimum atomic E-state index is -4.52. The first kappa shape index (κ1) is 22.4. The number of alkyl halides is 3. The van der Waals surface area contributed by atoms with Gasteiger partial charge in [-0.2, -0.15) is 17.5 Å². The van der Waals surface area contributed by atoms with Crippen LogP contribution in [0, 0.1) is 0 Å². The lowest BCUT2D eigenvalue weighted by Crippen LogP contribution is -2.48. The highest BCUT2D eigenvalue weighted by Crippen LogP contribution is 2.34. The maximum atomic E-state index is 13.0. The minimum Gasteiger partial charge on any atom is -0.369 e. The van der Waals surface area contributed by atoms with Crippen LogP contribution in [0.15, 0.2) is 47.4 Å². The summed E-state index contributed by atoms with van der Waals surface area (Å²) >= 11 is 5.84. The Morgan fingerprint density at radius 3 is 2.17 bits per heavy atom. The van der Waals surface area contributed by atoms with Crippen molar-refractivity contribution in [3.8, 4) is 0 Å². The highest BCUT2D eigenvalue weighted by Gasteiger charge is 2.33. The number of carbonyl (C=O) groups is 1. The molecule has 1 fully saturated rings. The Kier molecular flexibility index (Phi) is 6.30. The van der Waals surface area contributed by atoms with Gasteiger partial charge in [0, 0.05) is 49.5 Å². The van der Waals surface area contributed by atoms with Crippen molar-refractivity contribution in [3.05, 3.63) is 53.1 Å². The number of nitrogens with one attached hydrogen (secondary N) is 1.